The summed E-state index contributed by atoms with van der Waals surface area (Å²) in [4.78, 5) is 37.2. The second kappa shape index (κ2) is 10.9. The maximum Gasteiger partial charge on any atom is 0.256 e. The number of aliphatic hydroxyl groups excluding tert-OH is 1. The van der Waals surface area contributed by atoms with Crippen LogP contribution in [-0.4, -0.2) is 70.7 Å². The molecule has 9 nitrogen and oxygen atoms in total. The fourth-order valence-corrected chi connectivity index (χ4v) is 6.45. The Labute approximate surface area is 238 Å². The lowest BCUT2D eigenvalue weighted by atomic mass is 9.80. The van der Waals surface area contributed by atoms with Crippen LogP contribution >= 0.6 is 0 Å². The van der Waals surface area contributed by atoms with Crippen LogP contribution in [0.2, 0.25) is 0 Å². The third-order valence-corrected chi connectivity index (χ3v) is 8.55. The molecule has 0 bridgehead atoms. The zero-order valence-corrected chi connectivity index (χ0v) is 23.0. The lowest BCUT2D eigenvalue weighted by Crippen LogP contribution is -2.50. The summed E-state index contributed by atoms with van der Waals surface area (Å²) in [5.74, 6) is 0.0916. The fraction of sp³-hybridized carbons (Fsp3) is 0.419. The molecule has 3 aliphatic heterocycles. The summed E-state index contributed by atoms with van der Waals surface area (Å²) in [6.07, 6.45) is 7.53. The number of pyridine rings is 1. The summed E-state index contributed by atoms with van der Waals surface area (Å²) in [7, 11) is 0. The number of amides is 2. The number of nitrogens with zero attached hydrogens (tertiary/aromatic N) is 3. The highest BCUT2D eigenvalue weighted by atomic mass is 19.1. The minimum absolute atomic E-state index is 0.0425. The van der Waals surface area contributed by atoms with Crippen molar-refractivity contribution in [1.82, 2.24) is 15.2 Å². The first-order chi connectivity index (χ1) is 19.9. The van der Waals surface area contributed by atoms with E-state index in [1.165, 1.54) is 11.0 Å². The zero-order valence-electron chi connectivity index (χ0n) is 23.0. The van der Waals surface area contributed by atoms with Gasteiger partial charge in [-0.15, -0.1) is 0 Å². The molecule has 10 heteroatoms. The van der Waals surface area contributed by atoms with Gasteiger partial charge in [0.05, 0.1) is 17.5 Å². The molecule has 1 aliphatic carbocycles. The molecule has 2 aromatic rings. The number of rotatable bonds is 7. The predicted molar refractivity (Wildman–Crippen MR) is 152 cm³/mol. The number of allylic oxidation sites excluding steroid dienone is 3. The van der Waals surface area contributed by atoms with Gasteiger partial charge in [0.15, 0.2) is 0 Å². The number of aliphatic hydroxyl groups is 1. The van der Waals surface area contributed by atoms with E-state index >= 15 is 0 Å². The van der Waals surface area contributed by atoms with Crippen LogP contribution in [0, 0.1) is 5.82 Å². The zero-order chi connectivity index (χ0) is 28.6. The van der Waals surface area contributed by atoms with Gasteiger partial charge in [-0.05, 0) is 48.6 Å². The third kappa shape index (κ3) is 4.79. The molecule has 1 aromatic heterocycles. The molecular weight excluding hydrogens is 525 g/mol. The van der Waals surface area contributed by atoms with Gasteiger partial charge in [-0.1, -0.05) is 37.3 Å². The second-order valence-electron chi connectivity index (χ2n) is 11.1. The van der Waals surface area contributed by atoms with E-state index in [0.29, 0.717) is 51.3 Å². The SMILES string of the molecule is CC/C=C1/C[C@]2(C/C1=C/CNC(O)CN1C(=O)C3(CCOCC3)N=C1c1ccccc1F)C(=O)Nc1ncccc12. The highest BCUT2D eigenvalue weighted by Gasteiger charge is 2.52. The van der Waals surface area contributed by atoms with Crippen LogP contribution in [0.1, 0.15) is 50.2 Å². The Bertz CT molecular complexity index is 1460. The summed E-state index contributed by atoms with van der Waals surface area (Å²) >= 11 is 0. The Morgan fingerprint density at radius 1 is 1.15 bits per heavy atom. The normalized spacial score (nSPS) is 25.8. The van der Waals surface area contributed by atoms with Crippen LogP contribution in [0.25, 0.3) is 0 Å². The van der Waals surface area contributed by atoms with Gasteiger partial charge in [-0.25, -0.2) is 9.37 Å². The van der Waals surface area contributed by atoms with Crippen molar-refractivity contribution < 1.29 is 23.8 Å². The van der Waals surface area contributed by atoms with Gasteiger partial charge in [0.25, 0.3) is 5.91 Å². The number of hydrogen-bond acceptors (Lipinski definition) is 7. The van der Waals surface area contributed by atoms with Gasteiger partial charge in [-0.2, -0.15) is 0 Å². The standard InChI is InChI=1S/C31H34FN5O4/c1-2-6-20-17-30(23-8-5-13-34-26(23)35-28(30)39)18-21(20)10-14-33-25(38)19-37-27(22-7-3-4-9-24(22)32)36-31(29(37)40)11-15-41-16-12-31/h3-10,13,25,33,38H,2,11-12,14-19H2,1H3,(H,34,35,39)/b20-6-,21-10-/t25?,30-/m1/s1. The number of carbonyl (C=O) groups excluding carboxylic acids is 2. The molecule has 0 radical (unpaired) electrons. The summed E-state index contributed by atoms with van der Waals surface area (Å²) in [5.41, 5.74) is 1.63. The Balaban J connectivity index is 1.18. The number of hydrogen-bond donors (Lipinski definition) is 3. The summed E-state index contributed by atoms with van der Waals surface area (Å²) < 4.78 is 20.2. The maximum absolute atomic E-state index is 14.8. The fourth-order valence-electron chi connectivity index (χ4n) is 6.45. The van der Waals surface area contributed by atoms with Crippen molar-refractivity contribution in [3.8, 4) is 0 Å². The van der Waals surface area contributed by atoms with Crippen molar-refractivity contribution in [3.05, 3.63) is 82.8 Å². The number of ether oxygens (including phenoxy) is 1. The number of aliphatic imine (C=N–C) groups is 1. The highest BCUT2D eigenvalue weighted by molar-refractivity contribution is 6.15. The Hall–Kier alpha value is -3.73. The minimum atomic E-state index is -1.09. The number of β-amino-alcohol motifs (C(OH)–C–C–N with tert-alkyl or cyclic N) is 1. The molecule has 2 spiro atoms. The minimum Gasteiger partial charge on any atom is -0.381 e. The molecule has 1 saturated heterocycles. The van der Waals surface area contributed by atoms with Gasteiger partial charge in [0, 0.05) is 44.4 Å². The van der Waals surface area contributed by atoms with E-state index in [0.717, 1.165) is 23.1 Å². The van der Waals surface area contributed by atoms with Crippen LogP contribution < -0.4 is 10.6 Å². The number of fused-ring (bicyclic) bond motifs is 2. The number of aromatic nitrogens is 1. The van der Waals surface area contributed by atoms with Crippen LogP contribution in [0.5, 0.6) is 0 Å². The van der Waals surface area contributed by atoms with Crippen molar-refractivity contribution in [1.29, 1.82) is 0 Å². The molecule has 1 aromatic carbocycles. The van der Waals surface area contributed by atoms with Crippen LogP contribution in [0.15, 0.2) is 70.9 Å². The Morgan fingerprint density at radius 3 is 2.66 bits per heavy atom. The van der Waals surface area contributed by atoms with Gasteiger partial charge in [-0.3, -0.25) is 24.8 Å². The lowest BCUT2D eigenvalue weighted by molar-refractivity contribution is -0.135. The van der Waals surface area contributed by atoms with Gasteiger partial charge in [0.2, 0.25) is 5.91 Å². The molecule has 2 atom stereocenters. The molecule has 1 unspecified atom stereocenters. The first kappa shape index (κ1) is 27.4. The largest absolute Gasteiger partial charge is 0.381 e. The number of halogens is 1. The number of carbonyl (C=O) groups is 2. The topological polar surface area (TPSA) is 116 Å². The number of nitrogens with one attached hydrogen (secondary N) is 2. The van der Waals surface area contributed by atoms with Gasteiger partial charge < -0.3 is 15.2 Å². The monoisotopic (exact) mass is 559 g/mol. The average Bonchev–Trinajstić information content (AvgIpc) is 3.56. The molecule has 2 fully saturated rings. The Morgan fingerprint density at radius 2 is 1.90 bits per heavy atom. The summed E-state index contributed by atoms with van der Waals surface area (Å²) in [6, 6.07) is 10.0. The maximum atomic E-state index is 14.8. The molecule has 2 amide bonds. The first-order valence-electron chi connectivity index (χ1n) is 14.2. The summed E-state index contributed by atoms with van der Waals surface area (Å²) in [6.45, 7) is 3.10. The van der Waals surface area contributed by atoms with E-state index < -0.39 is 23.0 Å². The number of benzene rings is 1. The van der Waals surface area contributed by atoms with E-state index in [1.54, 1.807) is 24.4 Å². The van der Waals surface area contributed by atoms with Gasteiger partial charge in [0.1, 0.15) is 29.2 Å². The van der Waals surface area contributed by atoms with Crippen LogP contribution in [0.3, 0.4) is 0 Å². The molecule has 41 heavy (non-hydrogen) atoms. The van der Waals surface area contributed by atoms with Crippen molar-refractivity contribution in [2.75, 3.05) is 31.6 Å². The lowest BCUT2D eigenvalue weighted by Gasteiger charge is -2.30. The molecule has 4 aliphatic rings. The van der Waals surface area contributed by atoms with E-state index in [1.807, 2.05) is 18.2 Å². The van der Waals surface area contributed by atoms with Crippen LogP contribution in [-0.2, 0) is 19.7 Å². The van der Waals surface area contributed by atoms with Gasteiger partial charge >= 0.3 is 0 Å². The second-order valence-corrected chi connectivity index (χ2v) is 11.1. The highest BCUT2D eigenvalue weighted by Crippen LogP contribution is 2.52. The van der Waals surface area contributed by atoms with E-state index in [9.17, 15) is 19.1 Å². The molecule has 4 heterocycles. The molecule has 3 N–H and O–H groups in total. The predicted octanol–water partition coefficient (Wildman–Crippen LogP) is 3.21. The molecule has 1 saturated carbocycles. The van der Waals surface area contributed by atoms with Crippen molar-refractivity contribution >= 4 is 23.5 Å². The van der Waals surface area contributed by atoms with E-state index in [2.05, 4.69) is 28.6 Å². The quantitative estimate of drug-likeness (QED) is 0.449. The van der Waals surface area contributed by atoms with Crippen molar-refractivity contribution in [2.45, 2.75) is 56.2 Å². The summed E-state index contributed by atoms with van der Waals surface area (Å²) in [5, 5.41) is 17.0. The van der Waals surface area contributed by atoms with E-state index in [4.69, 9.17) is 9.73 Å². The molecule has 6 rings (SSSR count). The van der Waals surface area contributed by atoms with E-state index in [-0.39, 0.29) is 29.8 Å². The number of anilines is 1. The van der Waals surface area contributed by atoms with Crippen LogP contribution in [0.4, 0.5) is 10.2 Å². The average molecular weight is 560 g/mol. The van der Waals surface area contributed by atoms with Crippen molar-refractivity contribution in [2.24, 2.45) is 4.99 Å². The van der Waals surface area contributed by atoms with Crippen molar-refractivity contribution in [3.63, 3.8) is 0 Å². The molecular formula is C31H34FN5O4. The Kier molecular flexibility index (Phi) is 7.31. The third-order valence-electron chi connectivity index (χ3n) is 8.55. The number of amidine groups is 1. The molecule has 214 valence electrons. The smallest absolute Gasteiger partial charge is 0.256 e. The first-order valence-corrected chi connectivity index (χ1v) is 14.2.